The summed E-state index contributed by atoms with van der Waals surface area (Å²) in [7, 11) is 0. The van der Waals surface area contributed by atoms with E-state index in [9.17, 15) is 4.79 Å². The van der Waals surface area contributed by atoms with Gasteiger partial charge in [-0.25, -0.2) is 4.68 Å². The van der Waals surface area contributed by atoms with Gasteiger partial charge in [0, 0.05) is 13.1 Å². The van der Waals surface area contributed by atoms with Crippen molar-refractivity contribution in [2.75, 3.05) is 11.9 Å². The van der Waals surface area contributed by atoms with E-state index in [-0.39, 0.29) is 5.56 Å². The molecule has 0 radical (unpaired) electrons. The Bertz CT molecular complexity index is 477. The van der Waals surface area contributed by atoms with Crippen LogP contribution in [0.1, 0.15) is 25.7 Å². The molecule has 17 heavy (non-hydrogen) atoms. The molecule has 0 amide bonds. The third kappa shape index (κ3) is 2.70. The second-order valence-electron chi connectivity index (χ2n) is 5.13. The minimum Gasteiger partial charge on any atom is -0.382 e. The molecule has 0 atom stereocenters. The fraction of sp³-hybridized carbons (Fsp3) is 0.667. The third-order valence-electron chi connectivity index (χ3n) is 3.39. The number of aromatic nitrogens is 2. The zero-order chi connectivity index (χ0) is 11.8. The van der Waals surface area contributed by atoms with Gasteiger partial charge >= 0.3 is 0 Å². The molecule has 3 rings (SSSR count). The van der Waals surface area contributed by atoms with Gasteiger partial charge in [-0.15, -0.1) is 0 Å². The van der Waals surface area contributed by atoms with Gasteiger partial charge in [0.25, 0.3) is 5.56 Å². The summed E-state index contributed by atoms with van der Waals surface area (Å²) >= 11 is 3.38. The highest BCUT2D eigenvalue weighted by Gasteiger charge is 2.24. The Morgan fingerprint density at radius 2 is 2.06 bits per heavy atom. The molecule has 92 valence electrons. The Kier molecular flexibility index (Phi) is 2.94. The molecule has 4 nitrogen and oxygen atoms in total. The Hall–Kier alpha value is -0.840. The van der Waals surface area contributed by atoms with Crippen LogP contribution in [0.4, 0.5) is 5.69 Å². The van der Waals surface area contributed by atoms with Crippen LogP contribution >= 0.6 is 15.9 Å². The van der Waals surface area contributed by atoms with E-state index in [2.05, 4.69) is 26.3 Å². The van der Waals surface area contributed by atoms with Crippen LogP contribution in [0.3, 0.4) is 0 Å². The monoisotopic (exact) mass is 297 g/mol. The maximum Gasteiger partial charge on any atom is 0.283 e. The molecule has 0 saturated heterocycles. The molecular weight excluding hydrogens is 282 g/mol. The summed E-state index contributed by atoms with van der Waals surface area (Å²) in [6.45, 7) is 1.71. The fourth-order valence-corrected chi connectivity index (χ4v) is 2.29. The first kappa shape index (κ1) is 11.3. The lowest BCUT2D eigenvalue weighted by molar-refractivity contribution is 0.532. The van der Waals surface area contributed by atoms with Crippen molar-refractivity contribution in [2.24, 2.45) is 11.8 Å². The summed E-state index contributed by atoms with van der Waals surface area (Å²) in [6, 6.07) is 0. The molecule has 2 aliphatic rings. The van der Waals surface area contributed by atoms with Crippen LogP contribution in [0.2, 0.25) is 0 Å². The van der Waals surface area contributed by atoms with E-state index in [1.807, 2.05) is 0 Å². The van der Waals surface area contributed by atoms with Crippen molar-refractivity contribution in [1.29, 1.82) is 0 Å². The van der Waals surface area contributed by atoms with Crippen molar-refractivity contribution in [3.8, 4) is 0 Å². The Labute approximate surface area is 109 Å². The van der Waals surface area contributed by atoms with Gasteiger partial charge in [0.05, 0.1) is 11.9 Å². The molecule has 5 heteroatoms. The maximum atomic E-state index is 12.0. The molecular formula is C12H16BrN3O. The van der Waals surface area contributed by atoms with E-state index in [1.165, 1.54) is 25.7 Å². The van der Waals surface area contributed by atoms with Crippen LogP contribution in [0.15, 0.2) is 15.5 Å². The largest absolute Gasteiger partial charge is 0.382 e. The van der Waals surface area contributed by atoms with E-state index >= 15 is 0 Å². The average molecular weight is 298 g/mol. The topological polar surface area (TPSA) is 46.9 Å². The highest BCUT2D eigenvalue weighted by Crippen LogP contribution is 2.31. The van der Waals surface area contributed by atoms with Crippen molar-refractivity contribution < 1.29 is 0 Å². The van der Waals surface area contributed by atoms with Gasteiger partial charge in [-0.1, -0.05) is 0 Å². The van der Waals surface area contributed by atoms with Crippen LogP contribution < -0.4 is 10.9 Å². The predicted octanol–water partition coefficient (Wildman–Crippen LogP) is 2.24. The fourth-order valence-electron chi connectivity index (χ4n) is 1.84. The summed E-state index contributed by atoms with van der Waals surface area (Å²) in [6.07, 6.45) is 6.82. The van der Waals surface area contributed by atoms with Crippen molar-refractivity contribution in [1.82, 2.24) is 9.78 Å². The van der Waals surface area contributed by atoms with Crippen LogP contribution in [-0.4, -0.2) is 16.3 Å². The molecule has 0 aliphatic heterocycles. The van der Waals surface area contributed by atoms with Crippen LogP contribution in [0, 0.1) is 11.8 Å². The van der Waals surface area contributed by atoms with E-state index in [1.54, 1.807) is 10.9 Å². The quantitative estimate of drug-likeness (QED) is 0.907. The number of anilines is 1. The van der Waals surface area contributed by atoms with Crippen molar-refractivity contribution in [2.45, 2.75) is 32.2 Å². The molecule has 2 saturated carbocycles. The van der Waals surface area contributed by atoms with E-state index < -0.39 is 0 Å². The number of hydrogen-bond acceptors (Lipinski definition) is 3. The summed E-state index contributed by atoms with van der Waals surface area (Å²) in [5.41, 5.74) is 0.812. The predicted molar refractivity (Wildman–Crippen MR) is 70.1 cm³/mol. The summed E-state index contributed by atoms with van der Waals surface area (Å²) < 4.78 is 2.19. The van der Waals surface area contributed by atoms with Gasteiger partial charge in [0.1, 0.15) is 4.47 Å². The maximum absolute atomic E-state index is 12.0. The smallest absolute Gasteiger partial charge is 0.283 e. The van der Waals surface area contributed by atoms with Gasteiger partial charge < -0.3 is 5.32 Å². The van der Waals surface area contributed by atoms with E-state index in [0.29, 0.717) is 10.4 Å². The number of rotatable bonds is 5. The Morgan fingerprint density at radius 3 is 2.71 bits per heavy atom. The summed E-state index contributed by atoms with van der Waals surface area (Å²) in [4.78, 5) is 12.0. The molecule has 2 fully saturated rings. The first-order valence-electron chi connectivity index (χ1n) is 6.23. The lowest BCUT2D eigenvalue weighted by atomic mass is 10.4. The highest BCUT2D eigenvalue weighted by molar-refractivity contribution is 9.10. The molecule has 1 aromatic rings. The minimum absolute atomic E-state index is 0.0160. The molecule has 1 N–H and O–H groups in total. The SMILES string of the molecule is O=c1c(Br)c(NCC2CC2)cnn1CC1CC1. The zero-order valence-electron chi connectivity index (χ0n) is 9.66. The number of nitrogens with one attached hydrogen (secondary N) is 1. The standard InChI is InChI=1S/C12H16BrN3O/c13-11-10(14-5-8-1-2-8)6-15-16(12(11)17)7-9-3-4-9/h6,8-9,14H,1-5,7H2. The Balaban J connectivity index is 1.74. The van der Waals surface area contributed by atoms with Gasteiger partial charge in [-0.3, -0.25) is 4.79 Å². The van der Waals surface area contributed by atoms with Crippen LogP contribution in [0.5, 0.6) is 0 Å². The number of nitrogens with zero attached hydrogens (tertiary/aromatic N) is 2. The zero-order valence-corrected chi connectivity index (χ0v) is 11.2. The minimum atomic E-state index is -0.0160. The van der Waals surface area contributed by atoms with Gasteiger partial charge in [-0.2, -0.15) is 5.10 Å². The Morgan fingerprint density at radius 1 is 1.35 bits per heavy atom. The van der Waals surface area contributed by atoms with E-state index in [0.717, 1.165) is 24.7 Å². The summed E-state index contributed by atoms with van der Waals surface area (Å²) in [5, 5.41) is 7.52. The highest BCUT2D eigenvalue weighted by atomic mass is 79.9. The average Bonchev–Trinajstić information content (AvgIpc) is 3.17. The normalized spacial score (nSPS) is 19.4. The van der Waals surface area contributed by atoms with Crippen LogP contribution in [0.25, 0.3) is 0 Å². The summed E-state index contributed by atoms with van der Waals surface area (Å²) in [5.74, 6) is 1.45. The lowest BCUT2D eigenvalue weighted by Gasteiger charge is -2.09. The molecule has 0 bridgehead atoms. The molecule has 1 heterocycles. The third-order valence-corrected chi connectivity index (χ3v) is 4.16. The molecule has 0 spiro atoms. The van der Waals surface area contributed by atoms with Crippen molar-refractivity contribution >= 4 is 21.6 Å². The molecule has 0 unspecified atom stereocenters. The molecule has 0 aromatic carbocycles. The first-order valence-corrected chi connectivity index (χ1v) is 7.03. The van der Waals surface area contributed by atoms with Gasteiger partial charge in [0.15, 0.2) is 0 Å². The second kappa shape index (κ2) is 4.44. The molecule has 1 aromatic heterocycles. The molecule has 2 aliphatic carbocycles. The van der Waals surface area contributed by atoms with Gasteiger partial charge in [-0.05, 0) is 53.4 Å². The first-order chi connectivity index (χ1) is 8.24. The van der Waals surface area contributed by atoms with Crippen molar-refractivity contribution in [3.05, 3.63) is 21.0 Å². The second-order valence-corrected chi connectivity index (χ2v) is 5.92. The number of halogens is 1. The van der Waals surface area contributed by atoms with Gasteiger partial charge in [0.2, 0.25) is 0 Å². The van der Waals surface area contributed by atoms with Crippen molar-refractivity contribution in [3.63, 3.8) is 0 Å². The van der Waals surface area contributed by atoms with E-state index in [4.69, 9.17) is 0 Å². The lowest BCUT2D eigenvalue weighted by Crippen LogP contribution is -2.25. The number of hydrogen-bond donors (Lipinski definition) is 1. The van der Waals surface area contributed by atoms with Crippen LogP contribution in [-0.2, 0) is 6.54 Å².